The molecule has 2 amide bonds. The molecule has 0 radical (unpaired) electrons. The summed E-state index contributed by atoms with van der Waals surface area (Å²) in [4.78, 5) is 11.9. The number of rotatable bonds is 5. The fourth-order valence-electron chi connectivity index (χ4n) is 2.74. The highest BCUT2D eigenvalue weighted by molar-refractivity contribution is 5.75. The minimum absolute atomic E-state index is 0.0339. The van der Waals surface area contributed by atoms with Crippen LogP contribution in [0.4, 0.5) is 13.6 Å². The highest BCUT2D eigenvalue weighted by atomic mass is 19.1. The molecular weight excluding hydrogens is 314 g/mol. The Labute approximate surface area is 138 Å². The number of carbonyl (C=O) groups is 1. The fraction of sp³-hybridized carbons (Fsp3) is 0.278. The molecule has 1 fully saturated rings. The number of benzene rings is 2. The Morgan fingerprint density at radius 1 is 1.12 bits per heavy atom. The molecular formula is C18H18F2N2O2. The lowest BCUT2D eigenvalue weighted by Gasteiger charge is -2.13. The van der Waals surface area contributed by atoms with Crippen LogP contribution in [0.2, 0.25) is 0 Å². The molecule has 1 aliphatic carbocycles. The summed E-state index contributed by atoms with van der Waals surface area (Å²) in [5.74, 6) is -0.829. The van der Waals surface area contributed by atoms with Crippen molar-refractivity contribution in [2.75, 3.05) is 6.54 Å². The monoisotopic (exact) mass is 332 g/mol. The number of amides is 2. The number of hydrogen-bond donors (Lipinski definition) is 3. The van der Waals surface area contributed by atoms with Crippen LogP contribution in [0.25, 0.3) is 0 Å². The van der Waals surface area contributed by atoms with Crippen molar-refractivity contribution in [1.29, 1.82) is 0 Å². The van der Waals surface area contributed by atoms with Gasteiger partial charge in [0.25, 0.3) is 0 Å². The van der Waals surface area contributed by atoms with Crippen LogP contribution in [0.15, 0.2) is 48.5 Å². The summed E-state index contributed by atoms with van der Waals surface area (Å²) in [6, 6.07) is 11.8. The van der Waals surface area contributed by atoms with Gasteiger partial charge in [-0.05, 0) is 24.1 Å². The van der Waals surface area contributed by atoms with Crippen molar-refractivity contribution in [3.05, 3.63) is 71.3 Å². The first kappa shape index (κ1) is 16.4. The highest BCUT2D eigenvalue weighted by Crippen LogP contribution is 2.41. The zero-order valence-corrected chi connectivity index (χ0v) is 12.9. The van der Waals surface area contributed by atoms with E-state index < -0.39 is 18.0 Å². The third-order valence-corrected chi connectivity index (χ3v) is 4.13. The van der Waals surface area contributed by atoms with Crippen LogP contribution >= 0.6 is 0 Å². The lowest BCUT2D eigenvalue weighted by atomic mass is 10.1. The van der Waals surface area contributed by atoms with E-state index in [1.54, 1.807) is 24.3 Å². The van der Waals surface area contributed by atoms with Crippen LogP contribution in [0, 0.1) is 11.6 Å². The summed E-state index contributed by atoms with van der Waals surface area (Å²) in [5.41, 5.74) is 0.725. The highest BCUT2D eigenvalue weighted by Gasteiger charge is 2.40. The molecule has 2 aromatic rings. The van der Waals surface area contributed by atoms with Gasteiger partial charge >= 0.3 is 6.03 Å². The first-order valence-corrected chi connectivity index (χ1v) is 7.77. The third-order valence-electron chi connectivity index (χ3n) is 4.13. The third kappa shape index (κ3) is 3.71. The summed E-state index contributed by atoms with van der Waals surface area (Å²) in [6.45, 7) is -0.107. The molecule has 0 saturated heterocycles. The van der Waals surface area contributed by atoms with Gasteiger partial charge in [-0.25, -0.2) is 13.6 Å². The van der Waals surface area contributed by atoms with E-state index in [9.17, 15) is 18.7 Å². The molecule has 1 aliphatic rings. The number of aliphatic hydroxyl groups excluding tert-OH is 1. The van der Waals surface area contributed by atoms with E-state index in [0.717, 1.165) is 0 Å². The van der Waals surface area contributed by atoms with Gasteiger partial charge in [0.2, 0.25) is 0 Å². The number of urea groups is 1. The lowest BCUT2D eigenvalue weighted by molar-refractivity contribution is 0.169. The van der Waals surface area contributed by atoms with Crippen molar-refractivity contribution >= 4 is 6.03 Å². The van der Waals surface area contributed by atoms with Gasteiger partial charge in [-0.1, -0.05) is 36.4 Å². The van der Waals surface area contributed by atoms with Crippen LogP contribution in [-0.2, 0) is 0 Å². The van der Waals surface area contributed by atoms with Gasteiger partial charge in [0.1, 0.15) is 11.6 Å². The summed E-state index contributed by atoms with van der Waals surface area (Å²) >= 11 is 0. The molecule has 1 saturated carbocycles. The molecule has 3 unspecified atom stereocenters. The lowest BCUT2D eigenvalue weighted by Crippen LogP contribution is -2.39. The van der Waals surface area contributed by atoms with Gasteiger partial charge in [0.05, 0.1) is 6.10 Å². The average molecular weight is 332 g/mol. The van der Waals surface area contributed by atoms with E-state index >= 15 is 0 Å². The average Bonchev–Trinajstić information content (AvgIpc) is 3.32. The van der Waals surface area contributed by atoms with Crippen molar-refractivity contribution < 1.29 is 18.7 Å². The molecule has 126 valence electrons. The predicted molar refractivity (Wildman–Crippen MR) is 85.4 cm³/mol. The normalized spacial score (nSPS) is 20.3. The van der Waals surface area contributed by atoms with E-state index in [1.165, 1.54) is 24.3 Å². The summed E-state index contributed by atoms with van der Waals surface area (Å²) < 4.78 is 27.2. The van der Waals surface area contributed by atoms with E-state index in [-0.39, 0.29) is 29.9 Å². The Kier molecular flexibility index (Phi) is 4.76. The van der Waals surface area contributed by atoms with Crippen molar-refractivity contribution in [2.45, 2.75) is 24.5 Å². The molecule has 0 aromatic heterocycles. The SMILES string of the molecule is O=C(NCC(O)c1ccccc1F)NC1CC1c1ccccc1F. The molecule has 3 rings (SSSR count). The smallest absolute Gasteiger partial charge is 0.315 e. The summed E-state index contributed by atoms with van der Waals surface area (Å²) in [7, 11) is 0. The van der Waals surface area contributed by atoms with Crippen molar-refractivity contribution in [3.8, 4) is 0 Å². The van der Waals surface area contributed by atoms with E-state index in [4.69, 9.17) is 0 Å². The second-order valence-corrected chi connectivity index (χ2v) is 5.86. The van der Waals surface area contributed by atoms with Crippen molar-refractivity contribution in [1.82, 2.24) is 10.6 Å². The quantitative estimate of drug-likeness (QED) is 0.788. The Balaban J connectivity index is 1.47. The van der Waals surface area contributed by atoms with E-state index in [0.29, 0.717) is 12.0 Å². The summed E-state index contributed by atoms with van der Waals surface area (Å²) in [5, 5.41) is 15.2. The molecule has 24 heavy (non-hydrogen) atoms. The second kappa shape index (κ2) is 6.97. The maximum absolute atomic E-state index is 13.7. The molecule has 0 bridgehead atoms. The molecule has 4 nitrogen and oxygen atoms in total. The van der Waals surface area contributed by atoms with Crippen LogP contribution in [0.5, 0.6) is 0 Å². The Hall–Kier alpha value is -2.47. The molecule has 0 heterocycles. The number of aliphatic hydroxyl groups is 1. The Morgan fingerprint density at radius 2 is 1.79 bits per heavy atom. The van der Waals surface area contributed by atoms with E-state index in [2.05, 4.69) is 10.6 Å². The summed E-state index contributed by atoms with van der Waals surface area (Å²) in [6.07, 6.45) is -0.456. The van der Waals surface area contributed by atoms with Gasteiger partial charge in [-0.15, -0.1) is 0 Å². The number of halogens is 2. The first-order chi connectivity index (χ1) is 11.6. The van der Waals surface area contributed by atoms with Crippen LogP contribution in [-0.4, -0.2) is 23.7 Å². The number of hydrogen-bond acceptors (Lipinski definition) is 2. The van der Waals surface area contributed by atoms with Crippen LogP contribution in [0.1, 0.15) is 29.6 Å². The molecule has 0 spiro atoms. The Morgan fingerprint density at radius 3 is 2.50 bits per heavy atom. The molecule has 0 aliphatic heterocycles. The predicted octanol–water partition coefficient (Wildman–Crippen LogP) is 2.85. The van der Waals surface area contributed by atoms with Crippen molar-refractivity contribution in [2.24, 2.45) is 0 Å². The fourth-order valence-corrected chi connectivity index (χ4v) is 2.74. The minimum Gasteiger partial charge on any atom is -0.386 e. The largest absolute Gasteiger partial charge is 0.386 e. The minimum atomic E-state index is -1.13. The van der Waals surface area contributed by atoms with E-state index in [1.807, 2.05) is 0 Å². The van der Waals surface area contributed by atoms with Gasteiger partial charge in [0, 0.05) is 24.1 Å². The maximum atomic E-state index is 13.7. The standard InChI is InChI=1S/C18H18F2N2O2/c19-14-7-3-1-5-11(14)13-9-16(13)22-18(24)21-10-17(23)12-6-2-4-8-15(12)20/h1-8,13,16-17,23H,9-10H2,(H2,21,22,24). The number of nitrogens with one attached hydrogen (secondary N) is 2. The van der Waals surface area contributed by atoms with Gasteiger partial charge in [-0.2, -0.15) is 0 Å². The van der Waals surface area contributed by atoms with Gasteiger partial charge in [0.15, 0.2) is 0 Å². The van der Waals surface area contributed by atoms with Gasteiger partial charge < -0.3 is 15.7 Å². The van der Waals surface area contributed by atoms with Crippen LogP contribution in [0.3, 0.4) is 0 Å². The van der Waals surface area contributed by atoms with Crippen molar-refractivity contribution in [3.63, 3.8) is 0 Å². The van der Waals surface area contributed by atoms with Crippen LogP contribution < -0.4 is 10.6 Å². The molecule has 3 N–H and O–H groups in total. The molecule has 2 aromatic carbocycles. The first-order valence-electron chi connectivity index (χ1n) is 7.77. The second-order valence-electron chi connectivity index (χ2n) is 5.86. The zero-order valence-electron chi connectivity index (χ0n) is 12.9. The zero-order chi connectivity index (χ0) is 17.1. The van der Waals surface area contributed by atoms with Gasteiger partial charge in [-0.3, -0.25) is 0 Å². The Bertz CT molecular complexity index is 738. The number of carbonyl (C=O) groups excluding carboxylic acids is 1. The maximum Gasteiger partial charge on any atom is 0.315 e. The molecule has 3 atom stereocenters. The topological polar surface area (TPSA) is 61.4 Å². The molecule has 6 heteroatoms.